The minimum Gasteiger partial charge on any atom is -0.353 e. The molecule has 2 aromatic rings. The SMILES string of the molecule is O=C(CC1c2ccccc2-c2cncn21)C12CCCC(C(=O)NC3CCNCC3)(CC1)CC2. The number of nitrogens with zero attached hydrogens (tertiary/aromatic N) is 2. The average Bonchev–Trinajstić information content (AvgIpc) is 3.30. The number of ketones is 1. The van der Waals surface area contributed by atoms with Gasteiger partial charge in [0.05, 0.1) is 24.3 Å². The van der Waals surface area contributed by atoms with E-state index < -0.39 is 0 Å². The molecule has 7 rings (SSSR count). The smallest absolute Gasteiger partial charge is 0.226 e. The summed E-state index contributed by atoms with van der Waals surface area (Å²) in [5.74, 6) is 0.642. The third kappa shape index (κ3) is 3.45. The summed E-state index contributed by atoms with van der Waals surface area (Å²) in [7, 11) is 0. The Morgan fingerprint density at radius 2 is 1.76 bits per heavy atom. The van der Waals surface area contributed by atoms with Crippen molar-refractivity contribution in [2.45, 2.75) is 76.3 Å². The van der Waals surface area contributed by atoms with Gasteiger partial charge in [0.25, 0.3) is 0 Å². The Kier molecular flexibility index (Phi) is 5.17. The first kappa shape index (κ1) is 21.1. The number of amides is 1. The summed E-state index contributed by atoms with van der Waals surface area (Å²) in [5, 5.41) is 6.75. The topological polar surface area (TPSA) is 76.0 Å². The molecule has 174 valence electrons. The van der Waals surface area contributed by atoms with Crippen LogP contribution in [-0.2, 0) is 9.59 Å². The van der Waals surface area contributed by atoms with Gasteiger partial charge in [0.1, 0.15) is 5.78 Å². The van der Waals surface area contributed by atoms with Crippen LogP contribution in [0.3, 0.4) is 0 Å². The van der Waals surface area contributed by atoms with Crippen LogP contribution in [0.25, 0.3) is 11.3 Å². The van der Waals surface area contributed by atoms with E-state index in [1.807, 2.05) is 12.5 Å². The Bertz CT molecular complexity index is 1060. The van der Waals surface area contributed by atoms with E-state index in [1.54, 1.807) is 0 Å². The monoisotopic (exact) mass is 446 g/mol. The fraction of sp³-hybridized carbons (Fsp3) is 0.593. The minimum absolute atomic E-state index is 0.0405. The zero-order valence-electron chi connectivity index (χ0n) is 19.3. The molecule has 33 heavy (non-hydrogen) atoms. The molecule has 6 nitrogen and oxygen atoms in total. The van der Waals surface area contributed by atoms with Crippen molar-refractivity contribution in [3.63, 3.8) is 0 Å². The van der Waals surface area contributed by atoms with E-state index in [1.165, 1.54) is 11.1 Å². The highest BCUT2D eigenvalue weighted by molar-refractivity contribution is 5.88. The lowest BCUT2D eigenvalue weighted by Crippen LogP contribution is -2.50. The van der Waals surface area contributed by atoms with E-state index in [2.05, 4.69) is 44.5 Å². The molecule has 3 aliphatic carbocycles. The number of carbonyl (C=O) groups excluding carboxylic acids is 2. The van der Waals surface area contributed by atoms with Crippen LogP contribution in [0.5, 0.6) is 0 Å². The van der Waals surface area contributed by atoms with Crippen molar-refractivity contribution in [1.82, 2.24) is 20.2 Å². The Labute approximate surface area is 195 Å². The number of piperidine rings is 1. The van der Waals surface area contributed by atoms with E-state index in [0.717, 1.165) is 76.6 Å². The van der Waals surface area contributed by atoms with Gasteiger partial charge >= 0.3 is 0 Å². The van der Waals surface area contributed by atoms with Crippen LogP contribution in [0.2, 0.25) is 0 Å². The molecular weight excluding hydrogens is 412 g/mol. The summed E-state index contributed by atoms with van der Waals surface area (Å²) in [4.78, 5) is 31.6. The summed E-state index contributed by atoms with van der Waals surface area (Å²) in [6.07, 6.45) is 12.6. The van der Waals surface area contributed by atoms with E-state index in [4.69, 9.17) is 0 Å². The second kappa shape index (κ2) is 8.08. The summed E-state index contributed by atoms with van der Waals surface area (Å²) in [5.41, 5.74) is 3.03. The van der Waals surface area contributed by atoms with Gasteiger partial charge in [-0.1, -0.05) is 30.7 Å². The number of carbonyl (C=O) groups is 2. The first-order valence-corrected chi connectivity index (χ1v) is 12.8. The van der Waals surface area contributed by atoms with E-state index in [9.17, 15) is 9.59 Å². The molecule has 2 N–H and O–H groups in total. The molecule has 2 aliphatic heterocycles. The lowest BCUT2D eigenvalue weighted by molar-refractivity contribution is -0.139. The molecule has 5 aliphatic rings. The van der Waals surface area contributed by atoms with Crippen molar-refractivity contribution in [3.05, 3.63) is 42.4 Å². The first-order valence-electron chi connectivity index (χ1n) is 12.8. The van der Waals surface area contributed by atoms with Gasteiger partial charge in [0.2, 0.25) is 5.91 Å². The third-order valence-corrected chi connectivity index (χ3v) is 9.20. The molecule has 2 bridgehead atoms. The van der Waals surface area contributed by atoms with Gasteiger partial charge in [0.15, 0.2) is 0 Å². The largest absolute Gasteiger partial charge is 0.353 e. The van der Waals surface area contributed by atoms with Crippen molar-refractivity contribution >= 4 is 11.7 Å². The number of fused-ring (bicyclic) bond motifs is 7. The minimum atomic E-state index is -0.261. The molecule has 6 heteroatoms. The zero-order chi connectivity index (χ0) is 22.5. The van der Waals surface area contributed by atoms with Crippen LogP contribution in [0.4, 0.5) is 0 Å². The van der Waals surface area contributed by atoms with Crippen LogP contribution in [0.15, 0.2) is 36.8 Å². The number of aromatic nitrogens is 2. The molecule has 4 fully saturated rings. The van der Waals surface area contributed by atoms with Crippen LogP contribution in [0.1, 0.15) is 75.8 Å². The quantitative estimate of drug-likeness (QED) is 0.728. The Morgan fingerprint density at radius 1 is 1.03 bits per heavy atom. The zero-order valence-corrected chi connectivity index (χ0v) is 19.3. The van der Waals surface area contributed by atoms with Gasteiger partial charge in [-0.25, -0.2) is 4.98 Å². The maximum atomic E-state index is 13.9. The predicted octanol–water partition coefficient (Wildman–Crippen LogP) is 4.01. The van der Waals surface area contributed by atoms with Crippen LogP contribution in [-0.4, -0.2) is 40.4 Å². The highest BCUT2D eigenvalue weighted by Crippen LogP contribution is 2.56. The summed E-state index contributed by atoms with van der Waals surface area (Å²) < 4.78 is 2.18. The second-order valence-electron chi connectivity index (χ2n) is 10.8. The van der Waals surface area contributed by atoms with Crippen LogP contribution < -0.4 is 10.6 Å². The molecule has 1 aromatic carbocycles. The highest BCUT2D eigenvalue weighted by atomic mass is 16.2. The molecule has 3 saturated carbocycles. The normalized spacial score (nSPS) is 31.0. The Hall–Kier alpha value is -2.47. The summed E-state index contributed by atoms with van der Waals surface area (Å²) in [6.45, 7) is 1.97. The molecule has 1 saturated heterocycles. The molecule has 3 heterocycles. The number of hydrogen-bond donors (Lipinski definition) is 2. The van der Waals surface area contributed by atoms with Gasteiger partial charge in [-0.05, 0) is 70.0 Å². The number of Topliss-reactive ketones (excluding diaryl/α,β-unsaturated/α-hetero) is 1. The molecule has 1 amide bonds. The van der Waals surface area contributed by atoms with E-state index in [-0.39, 0.29) is 22.8 Å². The van der Waals surface area contributed by atoms with Gasteiger partial charge in [-0.15, -0.1) is 0 Å². The molecule has 1 unspecified atom stereocenters. The van der Waals surface area contributed by atoms with E-state index in [0.29, 0.717) is 18.2 Å². The maximum absolute atomic E-state index is 13.9. The first-order chi connectivity index (χ1) is 16.1. The van der Waals surface area contributed by atoms with Gasteiger partial charge in [-0.2, -0.15) is 0 Å². The van der Waals surface area contributed by atoms with Crippen LogP contribution >= 0.6 is 0 Å². The lowest BCUT2D eigenvalue weighted by atomic mass is 9.62. The van der Waals surface area contributed by atoms with Gasteiger partial charge in [0, 0.05) is 28.9 Å². The fourth-order valence-electron chi connectivity index (χ4n) is 7.07. The maximum Gasteiger partial charge on any atom is 0.226 e. The number of rotatable bonds is 5. The molecule has 0 spiro atoms. The lowest BCUT2D eigenvalue weighted by Gasteiger charge is -2.42. The number of benzene rings is 1. The molecule has 0 radical (unpaired) electrons. The average molecular weight is 447 g/mol. The number of nitrogens with one attached hydrogen (secondary N) is 2. The van der Waals surface area contributed by atoms with Crippen molar-refractivity contribution in [2.75, 3.05) is 13.1 Å². The van der Waals surface area contributed by atoms with Gasteiger partial charge in [-0.3, -0.25) is 9.59 Å². The highest BCUT2D eigenvalue weighted by Gasteiger charge is 2.52. The van der Waals surface area contributed by atoms with Crippen LogP contribution in [0, 0.1) is 10.8 Å². The number of imidazole rings is 1. The summed E-state index contributed by atoms with van der Waals surface area (Å²) in [6, 6.07) is 8.75. The third-order valence-electron chi connectivity index (χ3n) is 9.20. The van der Waals surface area contributed by atoms with E-state index >= 15 is 0 Å². The predicted molar refractivity (Wildman–Crippen MR) is 127 cm³/mol. The van der Waals surface area contributed by atoms with Gasteiger partial charge < -0.3 is 15.2 Å². The molecule has 1 atom stereocenters. The molecular formula is C27H34N4O2. The van der Waals surface area contributed by atoms with Crippen molar-refractivity contribution in [2.24, 2.45) is 10.8 Å². The molecule has 1 aromatic heterocycles. The van der Waals surface area contributed by atoms with Crippen molar-refractivity contribution in [1.29, 1.82) is 0 Å². The van der Waals surface area contributed by atoms with Crippen molar-refractivity contribution in [3.8, 4) is 11.3 Å². The number of hydrogen-bond acceptors (Lipinski definition) is 4. The fourth-order valence-corrected chi connectivity index (χ4v) is 7.07. The summed E-state index contributed by atoms with van der Waals surface area (Å²) >= 11 is 0. The Morgan fingerprint density at radius 3 is 2.58 bits per heavy atom. The van der Waals surface area contributed by atoms with Crippen molar-refractivity contribution < 1.29 is 9.59 Å². The Balaban J connectivity index is 1.18. The second-order valence-corrected chi connectivity index (χ2v) is 10.8. The standard InChI is InChI=1S/C27H34N4O2/c32-24(16-22-20-4-1-2-5-21(20)23-17-29-18-31(22)23)26-8-3-9-27(12-10-26,13-11-26)25(33)30-19-6-14-28-15-7-19/h1-2,4-5,17-19,22,28H,3,6-16H2,(H,30,33).